The van der Waals surface area contributed by atoms with E-state index in [4.69, 9.17) is 14.6 Å². The molecule has 0 spiro atoms. The second kappa shape index (κ2) is 9.74. The number of hydrogen-bond donors (Lipinski definition) is 2. The van der Waals surface area contributed by atoms with Crippen LogP contribution >= 0.6 is 0 Å². The van der Waals surface area contributed by atoms with E-state index in [0.29, 0.717) is 11.3 Å². The molecule has 11 heteroatoms. The number of sulfonamides is 1. The molecule has 0 radical (unpaired) electrons. The van der Waals surface area contributed by atoms with Crippen LogP contribution in [0.5, 0.6) is 11.5 Å². The van der Waals surface area contributed by atoms with Crippen LogP contribution in [0.2, 0.25) is 0 Å². The van der Waals surface area contributed by atoms with Crippen LogP contribution in [0.1, 0.15) is 15.9 Å². The number of carbonyl (C=O) groups excluding carboxylic acids is 1. The average molecular weight is 435 g/mol. The Morgan fingerprint density at radius 3 is 2.33 bits per heavy atom. The van der Waals surface area contributed by atoms with E-state index < -0.39 is 28.4 Å². The highest BCUT2D eigenvalue weighted by molar-refractivity contribution is 7.92. The van der Waals surface area contributed by atoms with E-state index in [9.17, 15) is 18.0 Å². The van der Waals surface area contributed by atoms with Gasteiger partial charge in [-0.15, -0.1) is 0 Å². The van der Waals surface area contributed by atoms with Crippen molar-refractivity contribution < 1.29 is 32.6 Å². The number of amides is 1. The van der Waals surface area contributed by atoms with Crippen LogP contribution in [0.15, 0.2) is 47.6 Å². The lowest BCUT2D eigenvalue weighted by molar-refractivity contribution is -0.119. The summed E-state index contributed by atoms with van der Waals surface area (Å²) in [5, 5.41) is 12.6. The molecular weight excluding hydrogens is 414 g/mol. The molecule has 1 amide bonds. The fourth-order valence-electron chi connectivity index (χ4n) is 2.43. The van der Waals surface area contributed by atoms with E-state index >= 15 is 0 Å². The molecular formula is C19H21N3O7S. The number of hydrogen-bond acceptors (Lipinski definition) is 7. The van der Waals surface area contributed by atoms with Gasteiger partial charge in [-0.3, -0.25) is 9.10 Å². The third-order valence-corrected chi connectivity index (χ3v) is 5.03. The highest BCUT2D eigenvalue weighted by Gasteiger charge is 2.24. The summed E-state index contributed by atoms with van der Waals surface area (Å²) in [4.78, 5) is 23.1. The Morgan fingerprint density at radius 1 is 1.13 bits per heavy atom. The molecule has 0 bridgehead atoms. The van der Waals surface area contributed by atoms with Gasteiger partial charge in [0.2, 0.25) is 10.0 Å². The highest BCUT2D eigenvalue weighted by atomic mass is 32.2. The quantitative estimate of drug-likeness (QED) is 0.448. The van der Waals surface area contributed by atoms with Gasteiger partial charge >= 0.3 is 5.97 Å². The summed E-state index contributed by atoms with van der Waals surface area (Å²) in [7, 11) is -1.02. The van der Waals surface area contributed by atoms with Gasteiger partial charge in [-0.2, -0.15) is 5.10 Å². The summed E-state index contributed by atoms with van der Waals surface area (Å²) in [6.07, 6.45) is 2.27. The Kier molecular flexibility index (Phi) is 7.37. The Balaban J connectivity index is 2.16. The van der Waals surface area contributed by atoms with Crippen LogP contribution < -0.4 is 19.2 Å². The van der Waals surface area contributed by atoms with Crippen LogP contribution in [0.25, 0.3) is 0 Å². The number of nitrogens with zero attached hydrogens (tertiary/aromatic N) is 2. The van der Waals surface area contributed by atoms with Crippen molar-refractivity contribution in [1.29, 1.82) is 0 Å². The number of anilines is 1. The molecule has 160 valence electrons. The van der Waals surface area contributed by atoms with Gasteiger partial charge < -0.3 is 14.6 Å². The van der Waals surface area contributed by atoms with E-state index in [0.717, 1.165) is 10.6 Å². The Bertz CT molecular complexity index is 1050. The zero-order chi connectivity index (χ0) is 22.3. The summed E-state index contributed by atoms with van der Waals surface area (Å²) >= 11 is 0. The minimum absolute atomic E-state index is 0.118. The molecule has 10 nitrogen and oxygen atoms in total. The molecule has 30 heavy (non-hydrogen) atoms. The fraction of sp³-hybridized carbons (Fsp3) is 0.211. The maximum absolute atomic E-state index is 12.3. The number of carboxylic acid groups (broad SMARTS) is 1. The molecule has 0 atom stereocenters. The lowest BCUT2D eigenvalue weighted by atomic mass is 10.1. The topological polar surface area (TPSA) is 135 Å². The smallest absolute Gasteiger partial charge is 0.335 e. The van der Waals surface area contributed by atoms with Gasteiger partial charge in [-0.05, 0) is 29.8 Å². The largest absolute Gasteiger partial charge is 0.497 e. The first kappa shape index (κ1) is 22.7. The second-order valence-corrected chi connectivity index (χ2v) is 7.93. The van der Waals surface area contributed by atoms with Crippen molar-refractivity contribution in [2.75, 3.05) is 31.3 Å². The lowest BCUT2D eigenvalue weighted by Crippen LogP contribution is -2.39. The monoisotopic (exact) mass is 435 g/mol. The minimum atomic E-state index is -3.83. The van der Waals surface area contributed by atoms with Crippen molar-refractivity contribution >= 4 is 33.8 Å². The van der Waals surface area contributed by atoms with Gasteiger partial charge in [0.25, 0.3) is 5.91 Å². The Labute approximate surface area is 173 Å². The average Bonchev–Trinajstić information content (AvgIpc) is 2.71. The first-order valence-corrected chi connectivity index (χ1v) is 10.4. The van der Waals surface area contributed by atoms with E-state index in [1.807, 2.05) is 0 Å². The molecule has 2 rings (SSSR count). The second-order valence-electron chi connectivity index (χ2n) is 6.03. The van der Waals surface area contributed by atoms with Crippen LogP contribution in [0.4, 0.5) is 5.69 Å². The summed E-state index contributed by atoms with van der Waals surface area (Å²) in [6.45, 7) is -0.544. The molecule has 0 saturated heterocycles. The Hall–Kier alpha value is -3.60. The normalized spacial score (nSPS) is 11.2. The van der Waals surface area contributed by atoms with Crippen molar-refractivity contribution in [1.82, 2.24) is 5.43 Å². The standard InChI is InChI=1S/C19H21N3O7S/c1-28-15-8-9-17(29-2)16(10-15)22(30(3,26)27)12-18(23)21-20-11-13-4-6-14(7-5-13)19(24)25/h4-11H,12H2,1-3H3,(H,21,23)(H,24,25)/b20-11-. The number of nitrogens with one attached hydrogen (secondary N) is 1. The van der Waals surface area contributed by atoms with Crippen LogP contribution in [0, 0.1) is 0 Å². The van der Waals surface area contributed by atoms with Gasteiger partial charge in [-0.1, -0.05) is 12.1 Å². The van der Waals surface area contributed by atoms with Gasteiger partial charge in [-0.25, -0.2) is 18.6 Å². The highest BCUT2D eigenvalue weighted by Crippen LogP contribution is 2.33. The van der Waals surface area contributed by atoms with Crippen molar-refractivity contribution in [3.8, 4) is 11.5 Å². The maximum Gasteiger partial charge on any atom is 0.335 e. The number of benzene rings is 2. The molecule has 0 aliphatic carbocycles. The maximum atomic E-state index is 12.3. The molecule has 0 fully saturated rings. The van der Waals surface area contributed by atoms with E-state index in [1.54, 1.807) is 6.07 Å². The zero-order valence-corrected chi connectivity index (χ0v) is 17.3. The molecule has 0 aromatic heterocycles. The predicted octanol–water partition coefficient (Wildman–Crippen LogP) is 1.32. The summed E-state index contributed by atoms with van der Waals surface area (Å²) in [5.74, 6) is -1.11. The molecule has 0 saturated carbocycles. The minimum Gasteiger partial charge on any atom is -0.497 e. The van der Waals surface area contributed by atoms with Gasteiger partial charge in [0.1, 0.15) is 18.0 Å². The lowest BCUT2D eigenvalue weighted by Gasteiger charge is -2.23. The molecule has 0 heterocycles. The van der Waals surface area contributed by atoms with E-state index in [2.05, 4.69) is 10.5 Å². The number of hydrazone groups is 1. The van der Waals surface area contributed by atoms with E-state index in [-0.39, 0.29) is 17.0 Å². The number of carbonyl (C=O) groups is 2. The number of aromatic carboxylic acids is 1. The summed E-state index contributed by atoms with van der Waals surface area (Å²) in [5.41, 5.74) is 3.05. The van der Waals surface area contributed by atoms with Crippen LogP contribution in [-0.2, 0) is 14.8 Å². The van der Waals surface area contributed by atoms with Crippen LogP contribution in [0.3, 0.4) is 0 Å². The molecule has 0 unspecified atom stereocenters. The molecule has 2 N–H and O–H groups in total. The third-order valence-electron chi connectivity index (χ3n) is 3.90. The number of carboxylic acids is 1. The first-order chi connectivity index (χ1) is 14.2. The number of methoxy groups -OCH3 is 2. The zero-order valence-electron chi connectivity index (χ0n) is 16.5. The van der Waals surface area contributed by atoms with Crippen LogP contribution in [-0.4, -0.2) is 58.6 Å². The van der Waals surface area contributed by atoms with Gasteiger partial charge in [0.15, 0.2) is 0 Å². The molecule has 2 aromatic rings. The van der Waals surface area contributed by atoms with Crippen molar-refractivity contribution in [3.05, 3.63) is 53.6 Å². The van der Waals surface area contributed by atoms with Gasteiger partial charge in [0.05, 0.1) is 37.9 Å². The predicted molar refractivity (Wildman–Crippen MR) is 111 cm³/mol. The number of ether oxygens (including phenoxy) is 2. The summed E-state index contributed by atoms with van der Waals surface area (Å²) < 4.78 is 35.8. The first-order valence-electron chi connectivity index (χ1n) is 8.50. The summed E-state index contributed by atoms with van der Waals surface area (Å²) in [6, 6.07) is 10.4. The van der Waals surface area contributed by atoms with Crippen molar-refractivity contribution in [2.45, 2.75) is 0 Å². The Morgan fingerprint density at radius 2 is 1.80 bits per heavy atom. The van der Waals surface area contributed by atoms with E-state index in [1.165, 1.54) is 56.8 Å². The molecule has 0 aliphatic rings. The fourth-order valence-corrected chi connectivity index (χ4v) is 3.28. The molecule has 0 aliphatic heterocycles. The van der Waals surface area contributed by atoms with Crippen molar-refractivity contribution in [2.24, 2.45) is 5.10 Å². The van der Waals surface area contributed by atoms with Gasteiger partial charge in [0, 0.05) is 6.07 Å². The SMILES string of the molecule is COc1ccc(OC)c(N(CC(=O)N/N=C\c2ccc(C(=O)O)cc2)S(C)(=O)=O)c1. The molecule has 2 aromatic carbocycles. The third kappa shape index (κ3) is 5.95. The number of rotatable bonds is 9. The van der Waals surface area contributed by atoms with Crippen molar-refractivity contribution in [3.63, 3.8) is 0 Å².